The molecule has 1 N–H and O–H groups in total. The summed E-state index contributed by atoms with van der Waals surface area (Å²) >= 11 is 0. The lowest BCUT2D eigenvalue weighted by Gasteiger charge is -2.35. The van der Waals surface area contributed by atoms with Gasteiger partial charge in [0.2, 0.25) is 0 Å². The molecule has 4 rings (SSSR count). The summed E-state index contributed by atoms with van der Waals surface area (Å²) in [5.41, 5.74) is 2.56. The molecule has 29 heavy (non-hydrogen) atoms. The van der Waals surface area contributed by atoms with Crippen LogP contribution in [0, 0.1) is 0 Å². The first-order valence-corrected chi connectivity index (χ1v) is 10.4. The molecule has 2 fully saturated rings. The van der Waals surface area contributed by atoms with Crippen LogP contribution >= 0.6 is 0 Å². The average molecular weight is 396 g/mol. The minimum absolute atomic E-state index is 0.143. The fourth-order valence-corrected chi connectivity index (χ4v) is 3.78. The van der Waals surface area contributed by atoms with Gasteiger partial charge in [-0.2, -0.15) is 0 Å². The Balaban J connectivity index is 1.33. The molecular weight excluding hydrogens is 366 g/mol. The molecule has 0 saturated carbocycles. The number of hydrogen-bond acceptors (Lipinski definition) is 6. The standard InChI is InChI=1S/C22H29N5O2/c1-2-25-9-11-26(12-10-25)20-6-4-19(5-7-20)24-22(28)18-3-8-21(23-17-18)27-13-15-29-16-14-27/h3-8,17H,2,9-16H2,1H3,(H,24,28). The zero-order valence-electron chi connectivity index (χ0n) is 17.0. The van der Waals surface area contributed by atoms with E-state index in [1.807, 2.05) is 24.3 Å². The van der Waals surface area contributed by atoms with Gasteiger partial charge in [-0.25, -0.2) is 4.98 Å². The number of carbonyl (C=O) groups is 1. The molecule has 3 heterocycles. The van der Waals surface area contributed by atoms with E-state index in [0.717, 1.165) is 57.3 Å². The first-order chi connectivity index (χ1) is 14.2. The number of likely N-dealkylation sites (N-methyl/N-ethyl adjacent to an activating group) is 1. The van der Waals surface area contributed by atoms with E-state index in [0.29, 0.717) is 18.8 Å². The number of carbonyl (C=O) groups excluding carboxylic acids is 1. The second-order valence-corrected chi connectivity index (χ2v) is 7.43. The summed E-state index contributed by atoms with van der Waals surface area (Å²) < 4.78 is 5.37. The summed E-state index contributed by atoms with van der Waals surface area (Å²) in [6.07, 6.45) is 1.64. The third kappa shape index (κ3) is 4.86. The van der Waals surface area contributed by atoms with E-state index >= 15 is 0 Å². The number of rotatable bonds is 5. The van der Waals surface area contributed by atoms with Gasteiger partial charge in [0.1, 0.15) is 5.82 Å². The van der Waals surface area contributed by atoms with E-state index in [4.69, 9.17) is 4.74 Å². The Morgan fingerprint density at radius 1 is 0.966 bits per heavy atom. The number of hydrogen-bond donors (Lipinski definition) is 1. The molecule has 2 aliphatic rings. The first kappa shape index (κ1) is 19.7. The Bertz CT molecular complexity index is 795. The Kier molecular flexibility index (Phi) is 6.27. The summed E-state index contributed by atoms with van der Waals surface area (Å²) in [7, 11) is 0. The molecule has 0 aliphatic carbocycles. The Labute approximate surface area is 172 Å². The Hall–Kier alpha value is -2.64. The van der Waals surface area contributed by atoms with Crippen molar-refractivity contribution in [2.75, 3.05) is 74.1 Å². The molecule has 154 valence electrons. The van der Waals surface area contributed by atoms with Gasteiger partial charge in [0.05, 0.1) is 18.8 Å². The van der Waals surface area contributed by atoms with Crippen LogP contribution in [0.3, 0.4) is 0 Å². The van der Waals surface area contributed by atoms with Crippen molar-refractivity contribution in [2.24, 2.45) is 0 Å². The average Bonchev–Trinajstić information content (AvgIpc) is 2.80. The van der Waals surface area contributed by atoms with Gasteiger partial charge in [0.25, 0.3) is 5.91 Å². The molecule has 0 bridgehead atoms. The molecule has 0 radical (unpaired) electrons. The van der Waals surface area contributed by atoms with Crippen molar-refractivity contribution in [3.05, 3.63) is 48.2 Å². The molecule has 0 atom stereocenters. The van der Waals surface area contributed by atoms with Gasteiger partial charge in [-0.1, -0.05) is 6.92 Å². The van der Waals surface area contributed by atoms with Gasteiger partial charge in [-0.3, -0.25) is 4.79 Å². The van der Waals surface area contributed by atoms with Crippen molar-refractivity contribution >= 4 is 23.1 Å². The molecule has 1 aromatic heterocycles. The number of nitrogens with one attached hydrogen (secondary N) is 1. The molecule has 1 aromatic carbocycles. The predicted molar refractivity (Wildman–Crippen MR) is 116 cm³/mol. The predicted octanol–water partition coefficient (Wildman–Crippen LogP) is 2.31. The van der Waals surface area contributed by atoms with Crippen LogP contribution in [-0.4, -0.2) is 74.8 Å². The van der Waals surface area contributed by atoms with Gasteiger partial charge >= 0.3 is 0 Å². The normalized spacial score (nSPS) is 18.0. The Morgan fingerprint density at radius 3 is 2.31 bits per heavy atom. The lowest BCUT2D eigenvalue weighted by atomic mass is 10.2. The molecule has 2 aliphatic heterocycles. The maximum atomic E-state index is 12.6. The van der Waals surface area contributed by atoms with Gasteiger partial charge in [0.15, 0.2) is 0 Å². The Morgan fingerprint density at radius 2 is 1.69 bits per heavy atom. The number of benzene rings is 1. The van der Waals surface area contributed by atoms with Crippen LogP contribution in [0.2, 0.25) is 0 Å². The number of piperazine rings is 1. The van der Waals surface area contributed by atoms with E-state index in [1.165, 1.54) is 5.69 Å². The highest BCUT2D eigenvalue weighted by molar-refractivity contribution is 6.04. The van der Waals surface area contributed by atoms with Gasteiger partial charge < -0.3 is 24.8 Å². The maximum Gasteiger partial charge on any atom is 0.257 e. The van der Waals surface area contributed by atoms with Gasteiger partial charge in [-0.05, 0) is 42.9 Å². The number of anilines is 3. The maximum absolute atomic E-state index is 12.6. The molecule has 2 aromatic rings. The molecule has 1 amide bonds. The summed E-state index contributed by atoms with van der Waals surface area (Å²) in [5.74, 6) is 0.743. The number of nitrogens with zero attached hydrogens (tertiary/aromatic N) is 4. The number of aromatic nitrogens is 1. The number of amides is 1. The monoisotopic (exact) mass is 395 g/mol. The van der Waals surface area contributed by atoms with Crippen molar-refractivity contribution in [3.63, 3.8) is 0 Å². The fourth-order valence-electron chi connectivity index (χ4n) is 3.78. The number of ether oxygens (including phenoxy) is 1. The molecule has 7 nitrogen and oxygen atoms in total. The molecule has 2 saturated heterocycles. The lowest BCUT2D eigenvalue weighted by molar-refractivity contribution is 0.102. The first-order valence-electron chi connectivity index (χ1n) is 10.4. The third-order valence-corrected chi connectivity index (χ3v) is 5.65. The van der Waals surface area contributed by atoms with Gasteiger partial charge in [-0.15, -0.1) is 0 Å². The van der Waals surface area contributed by atoms with Crippen LogP contribution < -0.4 is 15.1 Å². The van der Waals surface area contributed by atoms with Crippen molar-refractivity contribution in [2.45, 2.75) is 6.92 Å². The van der Waals surface area contributed by atoms with Gasteiger partial charge in [0, 0.05) is 56.8 Å². The largest absolute Gasteiger partial charge is 0.378 e. The quantitative estimate of drug-likeness (QED) is 0.838. The van der Waals surface area contributed by atoms with Crippen molar-refractivity contribution in [1.82, 2.24) is 9.88 Å². The minimum atomic E-state index is -0.143. The third-order valence-electron chi connectivity index (χ3n) is 5.65. The zero-order chi connectivity index (χ0) is 20.1. The highest BCUT2D eigenvalue weighted by Crippen LogP contribution is 2.20. The van der Waals surface area contributed by atoms with E-state index in [2.05, 4.69) is 44.1 Å². The van der Waals surface area contributed by atoms with E-state index in [1.54, 1.807) is 6.20 Å². The highest BCUT2D eigenvalue weighted by Gasteiger charge is 2.16. The van der Waals surface area contributed by atoms with Crippen LogP contribution in [0.4, 0.5) is 17.2 Å². The summed E-state index contributed by atoms with van der Waals surface area (Å²) in [4.78, 5) is 24.0. The number of morpholine rings is 1. The SMILES string of the molecule is CCN1CCN(c2ccc(NC(=O)c3ccc(N4CCOCC4)nc3)cc2)CC1. The topological polar surface area (TPSA) is 60.9 Å². The van der Waals surface area contributed by atoms with Crippen LogP contribution in [0.15, 0.2) is 42.6 Å². The minimum Gasteiger partial charge on any atom is -0.378 e. The molecule has 7 heteroatoms. The van der Waals surface area contributed by atoms with E-state index < -0.39 is 0 Å². The number of pyridine rings is 1. The van der Waals surface area contributed by atoms with Crippen LogP contribution in [0.1, 0.15) is 17.3 Å². The second kappa shape index (κ2) is 9.24. The van der Waals surface area contributed by atoms with Crippen LogP contribution in [-0.2, 0) is 4.74 Å². The molecule has 0 spiro atoms. The summed E-state index contributed by atoms with van der Waals surface area (Å²) in [6, 6.07) is 11.8. The highest BCUT2D eigenvalue weighted by atomic mass is 16.5. The lowest BCUT2D eigenvalue weighted by Crippen LogP contribution is -2.46. The van der Waals surface area contributed by atoms with Crippen LogP contribution in [0.25, 0.3) is 0 Å². The summed E-state index contributed by atoms with van der Waals surface area (Å²) in [6.45, 7) is 10.7. The zero-order valence-corrected chi connectivity index (χ0v) is 17.0. The van der Waals surface area contributed by atoms with Crippen molar-refractivity contribution < 1.29 is 9.53 Å². The molecule has 0 unspecified atom stereocenters. The molecular formula is C22H29N5O2. The van der Waals surface area contributed by atoms with Crippen LogP contribution in [0.5, 0.6) is 0 Å². The van der Waals surface area contributed by atoms with E-state index in [9.17, 15) is 4.79 Å². The fraction of sp³-hybridized carbons (Fsp3) is 0.455. The van der Waals surface area contributed by atoms with E-state index in [-0.39, 0.29) is 5.91 Å². The smallest absolute Gasteiger partial charge is 0.257 e. The summed E-state index contributed by atoms with van der Waals surface area (Å²) in [5, 5.41) is 2.96. The van der Waals surface area contributed by atoms with Crippen molar-refractivity contribution in [1.29, 1.82) is 0 Å². The second-order valence-electron chi connectivity index (χ2n) is 7.43. The van der Waals surface area contributed by atoms with Crippen molar-refractivity contribution in [3.8, 4) is 0 Å².